The van der Waals surface area contributed by atoms with Crippen molar-refractivity contribution in [1.82, 2.24) is 15.1 Å². The molecule has 0 aromatic carbocycles. The molecule has 1 unspecified atom stereocenters. The van der Waals surface area contributed by atoms with Gasteiger partial charge in [0.1, 0.15) is 0 Å². The van der Waals surface area contributed by atoms with Crippen molar-refractivity contribution in [2.75, 3.05) is 60.0 Å². The highest BCUT2D eigenvalue weighted by atomic mass is 35.5. The summed E-state index contributed by atoms with van der Waals surface area (Å²) in [4.78, 5) is 16.4. The van der Waals surface area contributed by atoms with E-state index in [-0.39, 0.29) is 36.6 Å². The highest BCUT2D eigenvalue weighted by molar-refractivity contribution is 5.85. The summed E-state index contributed by atoms with van der Waals surface area (Å²) in [5.74, 6) is 0.344. The molecule has 1 N–H and O–H groups in total. The molecule has 1 aliphatic rings. The fourth-order valence-electron chi connectivity index (χ4n) is 2.12. The minimum absolute atomic E-state index is 0. The third-order valence-electron chi connectivity index (χ3n) is 3.23. The van der Waals surface area contributed by atoms with Crippen molar-refractivity contribution >= 4 is 30.7 Å². The van der Waals surface area contributed by atoms with Gasteiger partial charge in [0.2, 0.25) is 5.91 Å². The van der Waals surface area contributed by atoms with Crippen LogP contribution < -0.4 is 5.32 Å². The molecule has 7 heteroatoms. The minimum atomic E-state index is 0. The largest absolute Gasteiger partial charge is 0.383 e. The first kappa shape index (κ1) is 21.2. The molecule has 1 aliphatic heterocycles. The van der Waals surface area contributed by atoms with E-state index < -0.39 is 0 Å². The summed E-state index contributed by atoms with van der Waals surface area (Å²) in [6, 6.07) is 0. The molecule has 0 aromatic rings. The van der Waals surface area contributed by atoms with Gasteiger partial charge in [-0.2, -0.15) is 0 Å². The number of carbonyl (C=O) groups is 1. The van der Waals surface area contributed by atoms with Crippen LogP contribution in [0.15, 0.2) is 0 Å². The van der Waals surface area contributed by atoms with E-state index in [9.17, 15) is 4.79 Å². The fourth-order valence-corrected chi connectivity index (χ4v) is 2.12. The second-order valence-corrected chi connectivity index (χ2v) is 4.62. The molecule has 1 saturated heterocycles. The van der Waals surface area contributed by atoms with Crippen LogP contribution in [0, 0.1) is 5.92 Å². The third kappa shape index (κ3) is 7.32. The Morgan fingerprint density at radius 2 is 1.84 bits per heavy atom. The maximum atomic E-state index is 12.1. The lowest BCUT2D eigenvalue weighted by Crippen LogP contribution is -2.51. The van der Waals surface area contributed by atoms with Crippen molar-refractivity contribution in [3.05, 3.63) is 0 Å². The molecule has 5 nitrogen and oxygen atoms in total. The molecular weight excluding hydrogens is 289 g/mol. The number of halogens is 2. The van der Waals surface area contributed by atoms with Crippen LogP contribution >= 0.6 is 24.8 Å². The molecule has 0 aromatic heterocycles. The van der Waals surface area contributed by atoms with Gasteiger partial charge in [-0.15, -0.1) is 24.8 Å². The van der Waals surface area contributed by atoms with Gasteiger partial charge in [-0.3, -0.25) is 9.69 Å². The quantitative estimate of drug-likeness (QED) is 0.774. The van der Waals surface area contributed by atoms with Crippen LogP contribution in [0.5, 0.6) is 0 Å². The lowest BCUT2D eigenvalue weighted by Gasteiger charge is -2.35. The number of amides is 1. The Morgan fingerprint density at radius 3 is 2.32 bits per heavy atom. The molecule has 0 bridgehead atoms. The first-order valence-corrected chi connectivity index (χ1v) is 6.33. The van der Waals surface area contributed by atoms with Gasteiger partial charge in [-0.25, -0.2) is 0 Å². The summed E-state index contributed by atoms with van der Waals surface area (Å²) < 4.78 is 5.06. The molecule has 19 heavy (non-hydrogen) atoms. The van der Waals surface area contributed by atoms with Gasteiger partial charge in [-0.1, -0.05) is 6.92 Å². The van der Waals surface area contributed by atoms with E-state index in [1.807, 2.05) is 18.9 Å². The van der Waals surface area contributed by atoms with Gasteiger partial charge in [0, 0.05) is 52.3 Å². The van der Waals surface area contributed by atoms with Gasteiger partial charge >= 0.3 is 0 Å². The van der Waals surface area contributed by atoms with Crippen LogP contribution in [0.1, 0.15) is 6.92 Å². The van der Waals surface area contributed by atoms with E-state index in [4.69, 9.17) is 4.74 Å². The topological polar surface area (TPSA) is 44.8 Å². The maximum absolute atomic E-state index is 12.1. The summed E-state index contributed by atoms with van der Waals surface area (Å²) in [6.45, 7) is 8.07. The van der Waals surface area contributed by atoms with E-state index >= 15 is 0 Å². The first-order chi connectivity index (χ1) is 8.19. The Labute approximate surface area is 128 Å². The van der Waals surface area contributed by atoms with Crippen molar-refractivity contribution in [3.8, 4) is 0 Å². The molecule has 1 rings (SSSR count). The average Bonchev–Trinajstić information content (AvgIpc) is 2.36. The fraction of sp³-hybridized carbons (Fsp3) is 0.917. The normalized spacial score (nSPS) is 17.3. The number of nitrogens with one attached hydrogen (secondary N) is 1. The number of piperazine rings is 1. The van der Waals surface area contributed by atoms with Crippen LogP contribution in [0.2, 0.25) is 0 Å². The average molecular weight is 316 g/mol. The molecule has 0 spiro atoms. The van der Waals surface area contributed by atoms with Gasteiger partial charge in [0.25, 0.3) is 0 Å². The maximum Gasteiger partial charge on any atom is 0.226 e. The van der Waals surface area contributed by atoms with Crippen molar-refractivity contribution in [2.24, 2.45) is 5.92 Å². The Kier molecular flexibility index (Phi) is 13.1. The van der Waals surface area contributed by atoms with E-state index in [1.165, 1.54) is 0 Å². The SMILES string of the molecule is CNCC(C)C(=O)N1CCN(CCOC)CC1.Cl.Cl. The zero-order valence-corrected chi connectivity index (χ0v) is 13.7. The van der Waals surface area contributed by atoms with E-state index in [0.717, 1.165) is 45.9 Å². The van der Waals surface area contributed by atoms with Gasteiger partial charge < -0.3 is 15.0 Å². The van der Waals surface area contributed by atoms with Crippen molar-refractivity contribution in [1.29, 1.82) is 0 Å². The standard InChI is InChI=1S/C12H25N3O2.2ClH/c1-11(10-13-2)12(16)15-6-4-14(5-7-15)8-9-17-3;;/h11,13H,4-10H2,1-3H3;2*1H. The molecule has 1 atom stereocenters. The first-order valence-electron chi connectivity index (χ1n) is 6.33. The number of nitrogens with zero attached hydrogens (tertiary/aromatic N) is 2. The lowest BCUT2D eigenvalue weighted by molar-refractivity contribution is -0.136. The Balaban J connectivity index is 0. The highest BCUT2D eigenvalue weighted by Gasteiger charge is 2.24. The van der Waals surface area contributed by atoms with Crippen molar-refractivity contribution < 1.29 is 9.53 Å². The Bertz CT molecular complexity index is 237. The number of carbonyl (C=O) groups excluding carboxylic acids is 1. The van der Waals surface area contributed by atoms with Crippen molar-refractivity contribution in [3.63, 3.8) is 0 Å². The predicted octanol–water partition coefficient (Wildman–Crippen LogP) is 0.476. The number of ether oxygens (including phenoxy) is 1. The Hall–Kier alpha value is -0.0700. The number of methoxy groups -OCH3 is 1. The summed E-state index contributed by atoms with van der Waals surface area (Å²) in [5.41, 5.74) is 0. The number of hydrogen-bond acceptors (Lipinski definition) is 4. The van der Waals surface area contributed by atoms with Gasteiger partial charge in [0.05, 0.1) is 6.61 Å². The molecule has 0 aliphatic carbocycles. The highest BCUT2D eigenvalue weighted by Crippen LogP contribution is 2.06. The molecule has 0 radical (unpaired) electrons. The molecule has 1 fully saturated rings. The number of rotatable bonds is 6. The molecule has 116 valence electrons. The second kappa shape index (κ2) is 11.7. The minimum Gasteiger partial charge on any atom is -0.383 e. The van der Waals surface area contributed by atoms with E-state index in [0.29, 0.717) is 0 Å². The van der Waals surface area contributed by atoms with Crippen LogP contribution in [0.25, 0.3) is 0 Å². The molecular formula is C12H27Cl2N3O2. The van der Waals surface area contributed by atoms with E-state index in [1.54, 1.807) is 7.11 Å². The predicted molar refractivity (Wildman–Crippen MR) is 82.5 cm³/mol. The smallest absolute Gasteiger partial charge is 0.226 e. The molecule has 0 saturated carbocycles. The molecule has 1 heterocycles. The summed E-state index contributed by atoms with van der Waals surface area (Å²) in [6.07, 6.45) is 0. The third-order valence-corrected chi connectivity index (χ3v) is 3.23. The van der Waals surface area contributed by atoms with Crippen LogP contribution in [0.4, 0.5) is 0 Å². The summed E-state index contributed by atoms with van der Waals surface area (Å²) in [7, 11) is 3.60. The van der Waals surface area contributed by atoms with E-state index in [2.05, 4.69) is 10.2 Å². The van der Waals surface area contributed by atoms with Gasteiger partial charge in [-0.05, 0) is 7.05 Å². The van der Waals surface area contributed by atoms with Crippen LogP contribution in [-0.2, 0) is 9.53 Å². The van der Waals surface area contributed by atoms with Crippen LogP contribution in [-0.4, -0.2) is 75.7 Å². The van der Waals surface area contributed by atoms with Crippen LogP contribution in [0.3, 0.4) is 0 Å². The Morgan fingerprint density at radius 1 is 1.26 bits per heavy atom. The zero-order chi connectivity index (χ0) is 12.7. The summed E-state index contributed by atoms with van der Waals surface area (Å²) in [5, 5.41) is 3.05. The summed E-state index contributed by atoms with van der Waals surface area (Å²) >= 11 is 0. The lowest BCUT2D eigenvalue weighted by atomic mass is 10.1. The molecule has 1 amide bonds. The zero-order valence-electron chi connectivity index (χ0n) is 12.1. The van der Waals surface area contributed by atoms with Gasteiger partial charge in [0.15, 0.2) is 0 Å². The second-order valence-electron chi connectivity index (χ2n) is 4.62. The van der Waals surface area contributed by atoms with Crippen molar-refractivity contribution in [2.45, 2.75) is 6.92 Å². The number of hydrogen-bond donors (Lipinski definition) is 1. The monoisotopic (exact) mass is 315 g/mol.